The fourth-order valence-corrected chi connectivity index (χ4v) is 5.23. The first-order valence-corrected chi connectivity index (χ1v) is 14.3. The number of aromatic nitrogens is 2. The number of ether oxygens (including phenoxy) is 1. The lowest BCUT2D eigenvalue weighted by Crippen LogP contribution is -2.53. The Morgan fingerprint density at radius 1 is 0.975 bits per heavy atom. The summed E-state index contributed by atoms with van der Waals surface area (Å²) in [7, 11) is 1.74. The van der Waals surface area contributed by atoms with Gasteiger partial charge in [-0.1, -0.05) is 0 Å². The molecule has 4 amide bonds. The van der Waals surface area contributed by atoms with E-state index >= 15 is 0 Å². The molecule has 0 atom stereocenters. The monoisotopic (exact) mass is 616 g/mol. The fraction of sp³-hybridized carbons (Fsp3) is 0.536. The average molecular weight is 618 g/mol. The van der Waals surface area contributed by atoms with E-state index in [9.17, 15) is 19.2 Å². The Morgan fingerprint density at radius 2 is 1.60 bits per heavy atom. The number of nitrogens with one attached hydrogen (secondary N) is 1. The van der Waals surface area contributed by atoms with Crippen LogP contribution in [0, 0.1) is 12.8 Å². The number of hydrogen-bond acceptors (Lipinski definition) is 6. The van der Waals surface area contributed by atoms with E-state index in [2.05, 4.69) is 26.2 Å². The molecule has 3 heterocycles. The second-order valence-electron chi connectivity index (χ2n) is 11.3. The van der Waals surface area contributed by atoms with Crippen LogP contribution in [0.25, 0.3) is 0 Å². The van der Waals surface area contributed by atoms with E-state index in [1.54, 1.807) is 45.8 Å². The van der Waals surface area contributed by atoms with Gasteiger partial charge in [0.15, 0.2) is 5.82 Å². The number of nitrogens with zero attached hydrogens (tertiary/aromatic N) is 5. The molecular formula is C28H37BrN6O5. The summed E-state index contributed by atoms with van der Waals surface area (Å²) in [5.41, 5.74) is 1.34. The number of anilines is 1. The van der Waals surface area contributed by atoms with E-state index in [1.807, 2.05) is 32.6 Å². The Kier molecular flexibility index (Phi) is 8.86. The first kappa shape index (κ1) is 29.6. The van der Waals surface area contributed by atoms with Crippen LogP contribution in [0.1, 0.15) is 60.2 Å². The molecule has 216 valence electrons. The summed E-state index contributed by atoms with van der Waals surface area (Å²) >= 11 is 3.33. The van der Waals surface area contributed by atoms with Gasteiger partial charge >= 0.3 is 6.09 Å². The molecule has 2 aromatic rings. The molecule has 0 radical (unpaired) electrons. The first-order valence-electron chi connectivity index (χ1n) is 13.5. The van der Waals surface area contributed by atoms with Crippen LogP contribution >= 0.6 is 15.9 Å². The van der Waals surface area contributed by atoms with Gasteiger partial charge in [0.2, 0.25) is 5.91 Å². The highest BCUT2D eigenvalue weighted by Gasteiger charge is 2.34. The first-order chi connectivity index (χ1) is 18.8. The molecule has 1 aromatic heterocycles. The highest BCUT2D eigenvalue weighted by atomic mass is 79.9. The predicted molar refractivity (Wildman–Crippen MR) is 153 cm³/mol. The van der Waals surface area contributed by atoms with Gasteiger partial charge in [-0.2, -0.15) is 0 Å². The van der Waals surface area contributed by atoms with Gasteiger partial charge < -0.3 is 29.3 Å². The minimum atomic E-state index is -0.546. The molecule has 0 saturated carbocycles. The number of likely N-dealkylation sites (tertiary alicyclic amines) is 1. The van der Waals surface area contributed by atoms with Crippen molar-refractivity contribution >= 4 is 45.4 Å². The van der Waals surface area contributed by atoms with E-state index in [4.69, 9.17) is 4.74 Å². The maximum absolute atomic E-state index is 13.3. The molecule has 2 saturated heterocycles. The van der Waals surface area contributed by atoms with Gasteiger partial charge in [-0.05, 0) is 80.2 Å². The third-order valence-electron chi connectivity index (χ3n) is 7.22. The van der Waals surface area contributed by atoms with E-state index in [-0.39, 0.29) is 35.6 Å². The quantitative estimate of drug-likeness (QED) is 0.560. The van der Waals surface area contributed by atoms with Crippen molar-refractivity contribution in [2.75, 3.05) is 44.6 Å². The highest BCUT2D eigenvalue weighted by molar-refractivity contribution is 9.10. The zero-order valence-corrected chi connectivity index (χ0v) is 25.3. The zero-order chi connectivity index (χ0) is 29.2. The Balaban J connectivity index is 1.27. The van der Waals surface area contributed by atoms with Crippen LogP contribution in [0.3, 0.4) is 0 Å². The number of carbonyl (C=O) groups is 4. The Bertz CT molecular complexity index is 1290. The van der Waals surface area contributed by atoms with Gasteiger partial charge in [0.05, 0.1) is 6.20 Å². The van der Waals surface area contributed by atoms with Gasteiger partial charge in [-0.25, -0.2) is 9.78 Å². The minimum Gasteiger partial charge on any atom is -0.444 e. The van der Waals surface area contributed by atoms with Crippen molar-refractivity contribution in [3.05, 3.63) is 46.0 Å². The lowest BCUT2D eigenvalue weighted by molar-refractivity contribution is -0.138. The number of carbonyl (C=O) groups excluding carboxylic acids is 4. The number of imidazole rings is 1. The van der Waals surface area contributed by atoms with Crippen LogP contribution in [0.2, 0.25) is 0 Å². The van der Waals surface area contributed by atoms with Crippen LogP contribution in [-0.2, 0) is 16.6 Å². The van der Waals surface area contributed by atoms with Crippen molar-refractivity contribution in [3.8, 4) is 0 Å². The summed E-state index contributed by atoms with van der Waals surface area (Å²) in [5.74, 6) is -0.209. The summed E-state index contributed by atoms with van der Waals surface area (Å²) in [4.78, 5) is 60.7. The molecular weight excluding hydrogens is 580 g/mol. The smallest absolute Gasteiger partial charge is 0.410 e. The number of amides is 4. The molecule has 0 bridgehead atoms. The summed E-state index contributed by atoms with van der Waals surface area (Å²) in [6.07, 6.45) is 2.44. The zero-order valence-electron chi connectivity index (χ0n) is 23.7. The average Bonchev–Trinajstić information content (AvgIpc) is 3.25. The fourth-order valence-electron chi connectivity index (χ4n) is 4.96. The number of halogens is 1. The predicted octanol–water partition coefficient (Wildman–Crippen LogP) is 3.67. The number of hydrogen-bond donors (Lipinski definition) is 1. The van der Waals surface area contributed by atoms with Crippen molar-refractivity contribution < 1.29 is 23.9 Å². The maximum atomic E-state index is 13.3. The summed E-state index contributed by atoms with van der Waals surface area (Å²) in [6.45, 7) is 10.2. The van der Waals surface area contributed by atoms with Crippen LogP contribution in [-0.4, -0.2) is 92.9 Å². The third-order valence-corrected chi connectivity index (χ3v) is 7.96. The van der Waals surface area contributed by atoms with Crippen molar-refractivity contribution in [1.29, 1.82) is 0 Å². The molecule has 2 aliphatic heterocycles. The maximum Gasteiger partial charge on any atom is 0.410 e. The molecule has 12 heteroatoms. The topological polar surface area (TPSA) is 117 Å². The second-order valence-corrected chi connectivity index (χ2v) is 12.1. The molecule has 0 spiro atoms. The molecule has 1 aromatic carbocycles. The van der Waals surface area contributed by atoms with Crippen molar-refractivity contribution in [1.82, 2.24) is 24.3 Å². The molecule has 2 fully saturated rings. The molecule has 2 aliphatic rings. The molecule has 0 aliphatic carbocycles. The summed E-state index contributed by atoms with van der Waals surface area (Å²) in [6, 6.07) is 5.20. The van der Waals surface area contributed by atoms with Crippen molar-refractivity contribution in [3.63, 3.8) is 0 Å². The number of piperidine rings is 1. The van der Waals surface area contributed by atoms with E-state index in [1.165, 1.54) is 0 Å². The van der Waals surface area contributed by atoms with Gasteiger partial charge in [0.25, 0.3) is 11.8 Å². The number of piperazine rings is 1. The highest BCUT2D eigenvalue weighted by Crippen LogP contribution is 2.24. The van der Waals surface area contributed by atoms with Crippen LogP contribution in [0.5, 0.6) is 0 Å². The van der Waals surface area contributed by atoms with Gasteiger partial charge in [-0.15, -0.1) is 0 Å². The molecule has 4 rings (SSSR count). The summed E-state index contributed by atoms with van der Waals surface area (Å²) in [5, 5.41) is 2.83. The van der Waals surface area contributed by atoms with Crippen molar-refractivity contribution in [2.45, 2.75) is 46.1 Å². The minimum absolute atomic E-state index is 0.0898. The van der Waals surface area contributed by atoms with Crippen LogP contribution in [0.4, 0.5) is 10.5 Å². The molecule has 40 heavy (non-hydrogen) atoms. The van der Waals surface area contributed by atoms with Gasteiger partial charge in [0, 0.05) is 63.5 Å². The summed E-state index contributed by atoms with van der Waals surface area (Å²) < 4.78 is 7.78. The third kappa shape index (κ3) is 6.83. The Labute approximate surface area is 243 Å². The van der Waals surface area contributed by atoms with Crippen molar-refractivity contribution in [2.24, 2.45) is 13.0 Å². The number of aryl methyl sites for hydroxylation is 1. The SMILES string of the molecule is Cc1cc(NC(=O)c2ncc(Br)n2C)ccc1C(=O)N1CCN(C(=O)C2CCN(C(=O)OC(C)(C)C)CC2)CC1. The Hall–Kier alpha value is -3.41. The number of benzene rings is 1. The lowest BCUT2D eigenvalue weighted by atomic mass is 9.95. The van der Waals surface area contributed by atoms with Gasteiger partial charge in [-0.3, -0.25) is 14.4 Å². The normalized spacial score (nSPS) is 16.6. The van der Waals surface area contributed by atoms with Crippen LogP contribution < -0.4 is 5.32 Å². The second kappa shape index (κ2) is 12.0. The van der Waals surface area contributed by atoms with Crippen LogP contribution in [0.15, 0.2) is 29.0 Å². The van der Waals surface area contributed by atoms with E-state index in [0.717, 1.165) is 5.56 Å². The van der Waals surface area contributed by atoms with Gasteiger partial charge in [0.1, 0.15) is 10.2 Å². The lowest BCUT2D eigenvalue weighted by Gasteiger charge is -2.38. The molecule has 0 unspecified atom stereocenters. The van der Waals surface area contributed by atoms with E-state index < -0.39 is 5.60 Å². The standard InChI is InChI=1S/C28H37BrN6O5/c1-18-16-20(31-24(36)23-30-17-22(29)32(23)5)6-7-21(18)26(38)34-14-12-33(13-15-34)25(37)19-8-10-35(11-9-19)27(39)40-28(2,3)4/h6-7,16-17,19H,8-15H2,1-5H3,(H,31,36). The van der Waals surface area contributed by atoms with E-state index in [0.29, 0.717) is 68.0 Å². The largest absolute Gasteiger partial charge is 0.444 e. The molecule has 1 N–H and O–H groups in total. The Morgan fingerprint density at radius 3 is 2.15 bits per heavy atom. The number of rotatable bonds is 4. The molecule has 11 nitrogen and oxygen atoms in total.